The Balaban J connectivity index is 2.33. The molecule has 0 heterocycles. The van der Waals surface area contributed by atoms with Gasteiger partial charge in [0.15, 0.2) is 0 Å². The van der Waals surface area contributed by atoms with Gasteiger partial charge in [0, 0.05) is 25.3 Å². The van der Waals surface area contributed by atoms with Crippen molar-refractivity contribution in [3.8, 4) is 0 Å². The lowest BCUT2D eigenvalue weighted by molar-refractivity contribution is -0.137. The third-order valence-corrected chi connectivity index (χ3v) is 5.20. The van der Waals surface area contributed by atoms with Gasteiger partial charge in [-0.2, -0.15) is 13.2 Å². The first kappa shape index (κ1) is 20.1. The molecule has 2 rings (SSSR count). The summed E-state index contributed by atoms with van der Waals surface area (Å²) < 4.78 is 65.3. The highest BCUT2D eigenvalue weighted by Gasteiger charge is 2.32. The summed E-state index contributed by atoms with van der Waals surface area (Å²) in [6.45, 7) is 0. The fourth-order valence-corrected chi connectivity index (χ4v) is 3.62. The van der Waals surface area contributed by atoms with E-state index in [1.54, 1.807) is 14.1 Å². The molecular weight excluding hydrogens is 393 g/mol. The topological polar surface area (TPSA) is 66.5 Å². The number of carbonyl (C=O) groups is 1. The van der Waals surface area contributed by atoms with Gasteiger partial charge in [-0.1, -0.05) is 11.6 Å². The Bertz CT molecular complexity index is 927. The number of carbonyl (C=O) groups excluding carboxylic acids is 1. The Morgan fingerprint density at radius 1 is 1.08 bits per heavy atom. The van der Waals surface area contributed by atoms with Crippen molar-refractivity contribution < 1.29 is 26.4 Å². The van der Waals surface area contributed by atoms with Crippen LogP contribution in [0.25, 0.3) is 0 Å². The second-order valence-corrected chi connectivity index (χ2v) is 7.58. The van der Waals surface area contributed by atoms with Gasteiger partial charge in [0.05, 0.1) is 10.6 Å². The Morgan fingerprint density at radius 2 is 1.65 bits per heavy atom. The summed E-state index contributed by atoms with van der Waals surface area (Å²) in [5.74, 6) is -0.277. The van der Waals surface area contributed by atoms with E-state index >= 15 is 0 Å². The van der Waals surface area contributed by atoms with E-state index in [0.29, 0.717) is 17.7 Å². The summed E-state index contributed by atoms with van der Waals surface area (Å²) in [7, 11) is -1.23. The Labute approximate surface area is 153 Å². The first-order chi connectivity index (χ1) is 11.9. The average Bonchev–Trinajstić information content (AvgIpc) is 2.53. The molecule has 0 aliphatic heterocycles. The van der Waals surface area contributed by atoms with Crippen molar-refractivity contribution in [3.63, 3.8) is 0 Å². The van der Waals surface area contributed by atoms with E-state index in [1.807, 2.05) is 0 Å². The van der Waals surface area contributed by atoms with Crippen LogP contribution in [0.1, 0.15) is 15.9 Å². The molecule has 26 heavy (non-hydrogen) atoms. The summed E-state index contributed by atoms with van der Waals surface area (Å²) in [6.07, 6.45) is -4.71. The molecule has 0 fully saturated rings. The lowest BCUT2D eigenvalue weighted by atomic mass is 10.2. The molecule has 0 aliphatic carbocycles. The van der Waals surface area contributed by atoms with E-state index in [0.717, 1.165) is 6.07 Å². The largest absolute Gasteiger partial charge is 0.416 e. The fraction of sp³-hybridized carbons (Fsp3) is 0.188. The second-order valence-electron chi connectivity index (χ2n) is 5.53. The summed E-state index contributed by atoms with van der Waals surface area (Å²) >= 11 is 5.76. The molecule has 1 amide bonds. The van der Waals surface area contributed by atoms with E-state index in [1.165, 1.54) is 29.2 Å². The first-order valence-electron chi connectivity index (χ1n) is 7.13. The van der Waals surface area contributed by atoms with E-state index in [4.69, 9.17) is 11.6 Å². The van der Waals surface area contributed by atoms with Crippen molar-refractivity contribution in [2.45, 2.75) is 11.1 Å². The predicted molar refractivity (Wildman–Crippen MR) is 91.7 cm³/mol. The third-order valence-electron chi connectivity index (χ3n) is 3.34. The molecule has 0 aliphatic rings. The number of hydrogen-bond acceptors (Lipinski definition) is 3. The van der Waals surface area contributed by atoms with Crippen molar-refractivity contribution in [1.82, 2.24) is 4.90 Å². The molecule has 10 heteroatoms. The summed E-state index contributed by atoms with van der Waals surface area (Å²) in [6, 6.07) is 7.49. The van der Waals surface area contributed by atoms with Crippen LogP contribution in [-0.2, 0) is 16.2 Å². The minimum absolute atomic E-state index is 0.0776. The second kappa shape index (κ2) is 7.16. The maximum absolute atomic E-state index is 12.8. The van der Waals surface area contributed by atoms with Gasteiger partial charge in [0.25, 0.3) is 15.9 Å². The molecular formula is C16H14ClF3N2O3S. The quantitative estimate of drug-likeness (QED) is 0.838. The number of halogens is 4. The van der Waals surface area contributed by atoms with Crippen LogP contribution in [-0.4, -0.2) is 33.3 Å². The first-order valence-corrected chi connectivity index (χ1v) is 8.99. The highest BCUT2D eigenvalue weighted by atomic mass is 35.5. The normalized spacial score (nSPS) is 11.9. The minimum Gasteiger partial charge on any atom is -0.345 e. The van der Waals surface area contributed by atoms with Gasteiger partial charge in [0.1, 0.15) is 4.90 Å². The smallest absolute Gasteiger partial charge is 0.345 e. The molecule has 0 saturated carbocycles. The van der Waals surface area contributed by atoms with Crippen LogP contribution in [0.4, 0.5) is 18.9 Å². The molecule has 140 valence electrons. The van der Waals surface area contributed by atoms with E-state index < -0.39 is 26.7 Å². The van der Waals surface area contributed by atoms with Gasteiger partial charge in [-0.3, -0.25) is 9.52 Å². The van der Waals surface area contributed by atoms with Crippen LogP contribution < -0.4 is 4.72 Å². The maximum atomic E-state index is 12.8. The summed E-state index contributed by atoms with van der Waals surface area (Å²) in [5, 5.41) is -0.343. The van der Waals surface area contributed by atoms with Crippen molar-refractivity contribution in [2.75, 3.05) is 18.8 Å². The Kier molecular flexibility index (Phi) is 5.52. The number of nitrogens with one attached hydrogen (secondary N) is 1. The van der Waals surface area contributed by atoms with Gasteiger partial charge >= 0.3 is 6.18 Å². The maximum Gasteiger partial charge on any atom is 0.416 e. The molecule has 0 aromatic heterocycles. The molecule has 0 unspecified atom stereocenters. The molecule has 1 N–H and O–H groups in total. The van der Waals surface area contributed by atoms with Crippen molar-refractivity contribution in [3.05, 3.63) is 58.6 Å². The van der Waals surface area contributed by atoms with Crippen LogP contribution in [0.2, 0.25) is 5.02 Å². The number of amides is 1. The molecule has 0 saturated heterocycles. The highest BCUT2D eigenvalue weighted by molar-refractivity contribution is 7.92. The van der Waals surface area contributed by atoms with Crippen molar-refractivity contribution >= 4 is 33.2 Å². The monoisotopic (exact) mass is 406 g/mol. The average molecular weight is 407 g/mol. The van der Waals surface area contributed by atoms with Crippen LogP contribution in [0.5, 0.6) is 0 Å². The van der Waals surface area contributed by atoms with Crippen LogP contribution in [0.15, 0.2) is 47.4 Å². The van der Waals surface area contributed by atoms with Gasteiger partial charge < -0.3 is 4.90 Å². The zero-order valence-corrected chi connectivity index (χ0v) is 15.2. The molecule has 0 spiro atoms. The SMILES string of the molecule is CN(C)C(=O)c1ccc(NS(=O)(=O)c2cc(C(F)(F)F)ccc2Cl)cc1. The molecule has 5 nitrogen and oxygen atoms in total. The number of benzene rings is 2. The van der Waals surface area contributed by atoms with Crippen LogP contribution in [0.3, 0.4) is 0 Å². The number of sulfonamides is 1. The number of nitrogens with zero attached hydrogens (tertiary/aromatic N) is 1. The number of anilines is 1. The molecule has 0 atom stereocenters. The minimum atomic E-state index is -4.71. The Morgan fingerprint density at radius 3 is 2.15 bits per heavy atom. The highest BCUT2D eigenvalue weighted by Crippen LogP contribution is 2.34. The van der Waals surface area contributed by atoms with Crippen molar-refractivity contribution in [1.29, 1.82) is 0 Å². The zero-order valence-electron chi connectivity index (χ0n) is 13.6. The van der Waals surface area contributed by atoms with Gasteiger partial charge in [-0.15, -0.1) is 0 Å². The number of rotatable bonds is 4. The lowest BCUT2D eigenvalue weighted by Crippen LogP contribution is -2.21. The Hall–Kier alpha value is -2.26. The summed E-state index contributed by atoms with van der Waals surface area (Å²) in [5.41, 5.74) is -0.724. The fourth-order valence-electron chi connectivity index (χ4n) is 2.03. The summed E-state index contributed by atoms with van der Waals surface area (Å²) in [4.78, 5) is 12.5. The number of hydrogen-bond donors (Lipinski definition) is 1. The standard InChI is InChI=1S/C16H14ClF3N2O3S/c1-22(2)15(23)10-3-6-12(7-4-10)21-26(24,25)14-9-11(16(18,19)20)5-8-13(14)17/h3-9,21H,1-2H3. The molecule has 0 bridgehead atoms. The van der Waals surface area contributed by atoms with E-state index in [2.05, 4.69) is 4.72 Å². The molecule has 2 aromatic rings. The van der Waals surface area contributed by atoms with Crippen LogP contribution in [0, 0.1) is 0 Å². The van der Waals surface area contributed by atoms with Gasteiger partial charge in [-0.25, -0.2) is 8.42 Å². The van der Waals surface area contributed by atoms with Crippen molar-refractivity contribution in [2.24, 2.45) is 0 Å². The van der Waals surface area contributed by atoms with Crippen LogP contribution >= 0.6 is 11.6 Å². The van der Waals surface area contributed by atoms with E-state index in [9.17, 15) is 26.4 Å². The predicted octanol–water partition coefficient (Wildman–Crippen LogP) is 3.86. The molecule has 0 radical (unpaired) electrons. The third kappa shape index (κ3) is 4.47. The number of alkyl halides is 3. The van der Waals surface area contributed by atoms with E-state index in [-0.39, 0.29) is 16.6 Å². The zero-order chi connectivity index (χ0) is 19.7. The molecule has 2 aromatic carbocycles. The van der Waals surface area contributed by atoms with Gasteiger partial charge in [0.2, 0.25) is 0 Å². The lowest BCUT2D eigenvalue weighted by Gasteiger charge is -2.13. The van der Waals surface area contributed by atoms with Gasteiger partial charge in [-0.05, 0) is 42.5 Å².